The Hall–Kier alpha value is -4.25. The molecule has 0 atom stereocenters. The van der Waals surface area contributed by atoms with Crippen LogP contribution in [0, 0.1) is 0 Å². The molecule has 30 heavy (non-hydrogen) atoms. The standard InChI is InChI=1S/C25H17N5/c1-2-13-28-22(10-1)18-6-3-7-19(14-18)23-15-24(20-8-4-11-26-16-20)30-25(29-23)21-9-5-12-27-17-21/h1-17H. The van der Waals surface area contributed by atoms with Crippen molar-refractivity contribution in [2.75, 3.05) is 0 Å². The largest absolute Gasteiger partial charge is 0.264 e. The molecule has 5 nitrogen and oxygen atoms in total. The van der Waals surface area contributed by atoms with Crippen molar-refractivity contribution in [3.05, 3.63) is 104 Å². The fraction of sp³-hybridized carbons (Fsp3) is 0. The van der Waals surface area contributed by atoms with E-state index in [0.717, 1.165) is 39.3 Å². The molecule has 0 aliphatic heterocycles. The Morgan fingerprint density at radius 2 is 1.13 bits per heavy atom. The molecule has 0 bridgehead atoms. The van der Waals surface area contributed by atoms with E-state index in [1.807, 2.05) is 60.8 Å². The molecule has 0 unspecified atom stereocenters. The zero-order valence-electron chi connectivity index (χ0n) is 16.1. The zero-order chi connectivity index (χ0) is 20.2. The lowest BCUT2D eigenvalue weighted by molar-refractivity contribution is 1.16. The minimum absolute atomic E-state index is 0.627. The molecule has 0 saturated heterocycles. The van der Waals surface area contributed by atoms with Gasteiger partial charge in [-0.05, 0) is 48.5 Å². The van der Waals surface area contributed by atoms with Crippen LogP contribution in [-0.4, -0.2) is 24.9 Å². The van der Waals surface area contributed by atoms with Crippen molar-refractivity contribution in [2.24, 2.45) is 0 Å². The smallest absolute Gasteiger partial charge is 0.161 e. The van der Waals surface area contributed by atoms with Crippen LogP contribution in [0.3, 0.4) is 0 Å². The van der Waals surface area contributed by atoms with Gasteiger partial charge in [0.2, 0.25) is 0 Å². The van der Waals surface area contributed by atoms with E-state index >= 15 is 0 Å². The second-order valence-electron chi connectivity index (χ2n) is 6.74. The Morgan fingerprint density at radius 1 is 0.467 bits per heavy atom. The van der Waals surface area contributed by atoms with Gasteiger partial charge >= 0.3 is 0 Å². The summed E-state index contributed by atoms with van der Waals surface area (Å²) in [4.78, 5) is 22.5. The average molecular weight is 387 g/mol. The molecule has 0 spiro atoms. The third kappa shape index (κ3) is 3.69. The highest BCUT2D eigenvalue weighted by Crippen LogP contribution is 2.29. The maximum Gasteiger partial charge on any atom is 0.161 e. The number of rotatable bonds is 4. The highest BCUT2D eigenvalue weighted by Gasteiger charge is 2.11. The van der Waals surface area contributed by atoms with Crippen LogP contribution in [0.25, 0.3) is 45.2 Å². The molecule has 5 aromatic rings. The highest BCUT2D eigenvalue weighted by atomic mass is 14.9. The normalized spacial score (nSPS) is 10.7. The first-order valence-electron chi connectivity index (χ1n) is 9.58. The van der Waals surface area contributed by atoms with Crippen LogP contribution >= 0.6 is 0 Å². The molecule has 5 rings (SSSR count). The summed E-state index contributed by atoms with van der Waals surface area (Å²) in [6, 6.07) is 23.9. The molecule has 5 heteroatoms. The van der Waals surface area contributed by atoms with E-state index < -0.39 is 0 Å². The third-order valence-corrected chi connectivity index (χ3v) is 4.72. The molecule has 0 fully saturated rings. The molecule has 1 aromatic carbocycles. The van der Waals surface area contributed by atoms with E-state index in [0.29, 0.717) is 5.82 Å². The van der Waals surface area contributed by atoms with Crippen LogP contribution in [0.15, 0.2) is 104 Å². The van der Waals surface area contributed by atoms with E-state index in [1.165, 1.54) is 0 Å². The summed E-state index contributed by atoms with van der Waals surface area (Å²) in [6.45, 7) is 0. The summed E-state index contributed by atoms with van der Waals surface area (Å²) in [5, 5.41) is 0. The van der Waals surface area contributed by atoms with Crippen molar-refractivity contribution in [1.82, 2.24) is 24.9 Å². The molecule has 0 N–H and O–H groups in total. The number of pyridine rings is 3. The van der Waals surface area contributed by atoms with Crippen molar-refractivity contribution in [3.63, 3.8) is 0 Å². The third-order valence-electron chi connectivity index (χ3n) is 4.72. The van der Waals surface area contributed by atoms with Crippen LogP contribution in [-0.2, 0) is 0 Å². The molecular weight excluding hydrogens is 370 g/mol. The highest BCUT2D eigenvalue weighted by molar-refractivity contribution is 5.74. The average Bonchev–Trinajstić information content (AvgIpc) is 2.85. The summed E-state index contributed by atoms with van der Waals surface area (Å²) < 4.78 is 0. The van der Waals surface area contributed by atoms with E-state index in [9.17, 15) is 0 Å². The van der Waals surface area contributed by atoms with Crippen LogP contribution in [0.4, 0.5) is 0 Å². The second-order valence-corrected chi connectivity index (χ2v) is 6.74. The van der Waals surface area contributed by atoms with E-state index in [1.54, 1.807) is 24.8 Å². The molecule has 4 heterocycles. The van der Waals surface area contributed by atoms with Crippen molar-refractivity contribution in [1.29, 1.82) is 0 Å². The number of hydrogen-bond donors (Lipinski definition) is 0. The maximum absolute atomic E-state index is 4.84. The molecule has 142 valence electrons. The van der Waals surface area contributed by atoms with Crippen LogP contribution in [0.5, 0.6) is 0 Å². The predicted molar refractivity (Wildman–Crippen MR) is 117 cm³/mol. The van der Waals surface area contributed by atoms with Gasteiger partial charge in [-0.3, -0.25) is 15.0 Å². The summed E-state index contributed by atoms with van der Waals surface area (Å²) >= 11 is 0. The Bertz CT molecular complexity index is 1220. The monoisotopic (exact) mass is 387 g/mol. The van der Waals surface area contributed by atoms with Gasteiger partial charge in [-0.25, -0.2) is 9.97 Å². The zero-order valence-corrected chi connectivity index (χ0v) is 16.1. The maximum atomic E-state index is 4.84. The van der Waals surface area contributed by atoms with Crippen LogP contribution in [0.2, 0.25) is 0 Å². The topological polar surface area (TPSA) is 64.5 Å². The fourth-order valence-corrected chi connectivity index (χ4v) is 3.25. The van der Waals surface area contributed by atoms with Gasteiger partial charge in [-0.15, -0.1) is 0 Å². The van der Waals surface area contributed by atoms with Gasteiger partial charge < -0.3 is 0 Å². The number of aromatic nitrogens is 5. The fourth-order valence-electron chi connectivity index (χ4n) is 3.25. The molecule has 0 saturated carbocycles. The molecule has 0 amide bonds. The molecule has 4 aromatic heterocycles. The van der Waals surface area contributed by atoms with Crippen LogP contribution in [0.1, 0.15) is 0 Å². The number of benzene rings is 1. The predicted octanol–water partition coefficient (Wildman–Crippen LogP) is 5.33. The van der Waals surface area contributed by atoms with E-state index in [4.69, 9.17) is 9.97 Å². The summed E-state index contributed by atoms with van der Waals surface area (Å²) in [5.74, 6) is 0.627. The second kappa shape index (κ2) is 8.01. The lowest BCUT2D eigenvalue weighted by Gasteiger charge is -2.10. The summed E-state index contributed by atoms with van der Waals surface area (Å²) in [5.41, 5.74) is 6.41. The first kappa shape index (κ1) is 17.8. The van der Waals surface area contributed by atoms with E-state index in [2.05, 4.69) is 33.2 Å². The quantitative estimate of drug-likeness (QED) is 0.417. The molecule has 0 aliphatic rings. The lowest BCUT2D eigenvalue weighted by atomic mass is 10.0. The molecule has 0 aliphatic carbocycles. The first-order valence-corrected chi connectivity index (χ1v) is 9.58. The SMILES string of the molecule is c1ccc(-c2cccc(-c3cc(-c4cccnc4)nc(-c4cccnc4)n3)c2)nc1. The first-order chi connectivity index (χ1) is 14.9. The van der Waals surface area contributed by atoms with Crippen molar-refractivity contribution < 1.29 is 0 Å². The molecule has 0 radical (unpaired) electrons. The van der Waals surface area contributed by atoms with Gasteiger partial charge in [-0.2, -0.15) is 0 Å². The van der Waals surface area contributed by atoms with Gasteiger partial charge in [0.15, 0.2) is 5.82 Å². The van der Waals surface area contributed by atoms with E-state index in [-0.39, 0.29) is 0 Å². The summed E-state index contributed by atoms with van der Waals surface area (Å²) in [6.07, 6.45) is 8.88. The van der Waals surface area contributed by atoms with Crippen molar-refractivity contribution >= 4 is 0 Å². The van der Waals surface area contributed by atoms with Gasteiger partial charge in [0, 0.05) is 53.2 Å². The Morgan fingerprint density at radius 3 is 1.80 bits per heavy atom. The Balaban J connectivity index is 1.67. The summed E-state index contributed by atoms with van der Waals surface area (Å²) in [7, 11) is 0. The van der Waals surface area contributed by atoms with Crippen LogP contribution < -0.4 is 0 Å². The van der Waals surface area contributed by atoms with Gasteiger partial charge in [-0.1, -0.05) is 24.3 Å². The Kier molecular flexibility index (Phi) is 4.76. The number of nitrogens with zero attached hydrogens (tertiary/aromatic N) is 5. The minimum atomic E-state index is 0.627. The lowest BCUT2D eigenvalue weighted by Crippen LogP contribution is -1.96. The Labute approximate surface area is 174 Å². The molecular formula is C25H17N5. The van der Waals surface area contributed by atoms with Gasteiger partial charge in [0.05, 0.1) is 17.1 Å². The van der Waals surface area contributed by atoms with Gasteiger partial charge in [0.25, 0.3) is 0 Å². The van der Waals surface area contributed by atoms with Gasteiger partial charge in [0.1, 0.15) is 0 Å². The van der Waals surface area contributed by atoms with Crippen molar-refractivity contribution in [2.45, 2.75) is 0 Å². The van der Waals surface area contributed by atoms with Crippen molar-refractivity contribution in [3.8, 4) is 45.2 Å². The minimum Gasteiger partial charge on any atom is -0.264 e. The number of hydrogen-bond acceptors (Lipinski definition) is 5.